The number of aromatic nitrogens is 5. The van der Waals surface area contributed by atoms with Gasteiger partial charge in [0.2, 0.25) is 0 Å². The molecular formula is C21H25ClN8. The normalized spacial score (nSPS) is 19.7. The highest BCUT2D eigenvalue weighted by atomic mass is 35.5. The third kappa shape index (κ3) is 3.36. The Morgan fingerprint density at radius 2 is 1.90 bits per heavy atom. The first-order valence-electron chi connectivity index (χ1n) is 10.2. The van der Waals surface area contributed by atoms with Gasteiger partial charge in [-0.15, -0.1) is 5.10 Å². The Bertz CT molecular complexity index is 1230. The van der Waals surface area contributed by atoms with Gasteiger partial charge in [-0.25, -0.2) is 9.50 Å². The predicted molar refractivity (Wildman–Crippen MR) is 121 cm³/mol. The van der Waals surface area contributed by atoms with Crippen molar-refractivity contribution < 1.29 is 0 Å². The van der Waals surface area contributed by atoms with Crippen LogP contribution in [0.2, 0.25) is 5.02 Å². The second-order valence-corrected chi connectivity index (χ2v) is 8.69. The molecule has 1 aliphatic heterocycles. The molecule has 8 nitrogen and oxygen atoms in total. The molecule has 3 aromatic heterocycles. The van der Waals surface area contributed by atoms with Crippen molar-refractivity contribution in [3.63, 3.8) is 0 Å². The summed E-state index contributed by atoms with van der Waals surface area (Å²) in [4.78, 5) is 6.87. The first kappa shape index (κ1) is 19.1. The van der Waals surface area contributed by atoms with Gasteiger partial charge in [0.05, 0.1) is 27.8 Å². The van der Waals surface area contributed by atoms with Crippen LogP contribution in [-0.2, 0) is 0 Å². The molecule has 0 amide bonds. The maximum absolute atomic E-state index is 6.72. The number of hydrogen-bond acceptors (Lipinski definition) is 6. The van der Waals surface area contributed by atoms with Gasteiger partial charge in [-0.05, 0) is 51.5 Å². The summed E-state index contributed by atoms with van der Waals surface area (Å²) in [7, 11) is 0. The summed E-state index contributed by atoms with van der Waals surface area (Å²) in [5.74, 6) is 1.35. The number of aromatic amines is 1. The average Bonchev–Trinajstić information content (AvgIpc) is 3.24. The zero-order valence-electron chi connectivity index (χ0n) is 17.5. The Morgan fingerprint density at radius 3 is 2.67 bits per heavy atom. The van der Waals surface area contributed by atoms with Gasteiger partial charge in [-0.3, -0.25) is 5.10 Å². The lowest BCUT2D eigenvalue weighted by molar-refractivity contribution is 0.407. The van der Waals surface area contributed by atoms with E-state index in [1.165, 1.54) is 0 Å². The molecule has 0 radical (unpaired) electrons. The van der Waals surface area contributed by atoms with Crippen LogP contribution >= 0.6 is 11.6 Å². The highest BCUT2D eigenvalue weighted by molar-refractivity contribution is 6.36. The van der Waals surface area contributed by atoms with Gasteiger partial charge in [0.15, 0.2) is 17.3 Å². The number of anilines is 3. The van der Waals surface area contributed by atoms with Crippen molar-refractivity contribution >= 4 is 45.5 Å². The summed E-state index contributed by atoms with van der Waals surface area (Å²) in [5, 5.41) is 20.6. The Labute approximate surface area is 179 Å². The van der Waals surface area contributed by atoms with Crippen molar-refractivity contribution in [3.8, 4) is 0 Å². The summed E-state index contributed by atoms with van der Waals surface area (Å²) in [5.41, 5.74) is 4.82. The largest absolute Gasteiger partial charge is 0.368 e. The minimum Gasteiger partial charge on any atom is -0.368 e. The number of benzene rings is 1. The number of piperazine rings is 1. The molecule has 2 unspecified atom stereocenters. The highest BCUT2D eigenvalue weighted by Gasteiger charge is 2.23. The fourth-order valence-corrected chi connectivity index (χ4v) is 4.63. The van der Waals surface area contributed by atoms with Crippen LogP contribution in [0.15, 0.2) is 24.4 Å². The maximum Gasteiger partial charge on any atom is 0.162 e. The van der Waals surface area contributed by atoms with Crippen LogP contribution < -0.4 is 15.5 Å². The molecule has 0 spiro atoms. The van der Waals surface area contributed by atoms with Gasteiger partial charge in [0.25, 0.3) is 0 Å². The molecule has 9 heteroatoms. The second-order valence-electron chi connectivity index (χ2n) is 8.28. The van der Waals surface area contributed by atoms with E-state index in [1.807, 2.05) is 32.2 Å². The van der Waals surface area contributed by atoms with Crippen molar-refractivity contribution in [2.75, 3.05) is 23.3 Å². The van der Waals surface area contributed by atoms with Crippen LogP contribution in [-0.4, -0.2) is 50.0 Å². The molecule has 1 aromatic carbocycles. The number of halogens is 1. The fraction of sp³-hybridized carbons (Fsp3) is 0.381. The minimum absolute atomic E-state index is 0.429. The molecule has 1 fully saturated rings. The molecule has 0 saturated carbocycles. The van der Waals surface area contributed by atoms with Gasteiger partial charge >= 0.3 is 0 Å². The van der Waals surface area contributed by atoms with Crippen LogP contribution in [0.3, 0.4) is 0 Å². The van der Waals surface area contributed by atoms with E-state index < -0.39 is 0 Å². The second kappa shape index (κ2) is 7.14. The van der Waals surface area contributed by atoms with Crippen LogP contribution in [0.5, 0.6) is 0 Å². The van der Waals surface area contributed by atoms with Crippen LogP contribution in [0.25, 0.3) is 16.6 Å². The number of rotatable bonds is 3. The molecule has 156 valence electrons. The van der Waals surface area contributed by atoms with E-state index in [0.717, 1.165) is 46.6 Å². The summed E-state index contributed by atoms with van der Waals surface area (Å²) >= 11 is 6.72. The average molecular weight is 425 g/mol. The Morgan fingerprint density at radius 1 is 1.13 bits per heavy atom. The molecule has 1 saturated heterocycles. The number of hydrogen-bond donors (Lipinski definition) is 3. The van der Waals surface area contributed by atoms with Crippen molar-refractivity contribution in [2.45, 2.75) is 39.8 Å². The van der Waals surface area contributed by atoms with Crippen molar-refractivity contribution in [3.05, 3.63) is 40.7 Å². The number of nitrogens with zero attached hydrogens (tertiary/aromatic N) is 5. The number of aryl methyl sites for hydroxylation is 2. The van der Waals surface area contributed by atoms with E-state index in [4.69, 9.17) is 11.6 Å². The smallest absolute Gasteiger partial charge is 0.162 e. The lowest BCUT2D eigenvalue weighted by atomic mass is 10.1. The van der Waals surface area contributed by atoms with Crippen LogP contribution in [0, 0.1) is 13.8 Å². The predicted octanol–water partition coefficient (Wildman–Crippen LogP) is 3.81. The molecule has 0 bridgehead atoms. The summed E-state index contributed by atoms with van der Waals surface area (Å²) in [6.07, 6.45) is 1.91. The first-order chi connectivity index (χ1) is 14.4. The molecule has 5 rings (SSSR count). The lowest BCUT2D eigenvalue weighted by Crippen LogP contribution is -2.54. The van der Waals surface area contributed by atoms with E-state index in [-0.39, 0.29) is 0 Å². The van der Waals surface area contributed by atoms with Gasteiger partial charge < -0.3 is 15.5 Å². The maximum atomic E-state index is 6.72. The molecule has 30 heavy (non-hydrogen) atoms. The molecule has 4 heterocycles. The Balaban J connectivity index is 1.49. The fourth-order valence-electron chi connectivity index (χ4n) is 4.33. The zero-order valence-corrected chi connectivity index (χ0v) is 18.2. The zero-order chi connectivity index (χ0) is 21.0. The monoisotopic (exact) mass is 424 g/mol. The molecular weight excluding hydrogens is 400 g/mol. The summed E-state index contributed by atoms with van der Waals surface area (Å²) in [6, 6.07) is 6.96. The van der Waals surface area contributed by atoms with E-state index in [2.05, 4.69) is 55.7 Å². The first-order valence-corrected chi connectivity index (χ1v) is 10.5. The highest BCUT2D eigenvalue weighted by Crippen LogP contribution is 2.35. The third-order valence-electron chi connectivity index (χ3n) is 5.50. The van der Waals surface area contributed by atoms with Gasteiger partial charge in [-0.1, -0.05) is 11.6 Å². The van der Waals surface area contributed by atoms with E-state index in [1.54, 1.807) is 4.52 Å². The van der Waals surface area contributed by atoms with E-state index in [9.17, 15) is 0 Å². The minimum atomic E-state index is 0.429. The summed E-state index contributed by atoms with van der Waals surface area (Å²) < 4.78 is 1.79. The number of nitrogens with one attached hydrogen (secondary N) is 3. The molecule has 0 aliphatic carbocycles. The van der Waals surface area contributed by atoms with Gasteiger partial charge in [0.1, 0.15) is 0 Å². The van der Waals surface area contributed by atoms with Crippen LogP contribution in [0.4, 0.5) is 17.3 Å². The number of fused-ring (bicyclic) bond motifs is 2. The Hall–Kier alpha value is -2.84. The van der Waals surface area contributed by atoms with E-state index >= 15 is 0 Å². The standard InChI is InChI=1S/C21H25ClN8/c1-11-5-18(28-30-10-14(4)24-21(11)30)25-20-19-16(22)6-15(7-17(19)26-27-20)29-8-12(2)23-13(3)9-29/h5-7,10,12-13,23H,8-9H2,1-4H3,(H2,25,26,27,28). The number of H-pyrrole nitrogens is 1. The quantitative estimate of drug-likeness (QED) is 0.463. The van der Waals surface area contributed by atoms with E-state index in [0.29, 0.717) is 28.7 Å². The van der Waals surface area contributed by atoms with Crippen LogP contribution in [0.1, 0.15) is 25.1 Å². The molecule has 3 N–H and O–H groups in total. The SMILES string of the molecule is Cc1cn2nc(Nc3n[nH]c4cc(N5CC(C)NC(C)C5)cc(Cl)c34)cc(C)c2n1. The topological polar surface area (TPSA) is 86.2 Å². The lowest BCUT2D eigenvalue weighted by Gasteiger charge is -2.37. The molecule has 2 atom stereocenters. The van der Waals surface area contributed by atoms with Crippen molar-refractivity contribution in [1.29, 1.82) is 0 Å². The third-order valence-corrected chi connectivity index (χ3v) is 5.80. The van der Waals surface area contributed by atoms with Gasteiger partial charge in [-0.2, -0.15) is 5.10 Å². The molecule has 4 aromatic rings. The van der Waals surface area contributed by atoms with Gasteiger partial charge in [0, 0.05) is 30.9 Å². The number of imidazole rings is 1. The van der Waals surface area contributed by atoms with Crippen molar-refractivity contribution in [1.82, 2.24) is 30.1 Å². The van der Waals surface area contributed by atoms with Crippen molar-refractivity contribution in [2.24, 2.45) is 0 Å². The Kier molecular flexibility index (Phi) is 4.56. The molecule has 1 aliphatic rings. The summed E-state index contributed by atoms with van der Waals surface area (Å²) in [6.45, 7) is 10.3.